The fraction of sp³-hybridized carbons (Fsp3) is 0.973. The highest BCUT2D eigenvalue weighted by Crippen LogP contribution is 2.21. The molecule has 0 N–H and O–H groups in total. The monoisotopic (exact) mass is 1100 g/mol. The second-order valence-corrected chi connectivity index (χ2v) is 25.2. The van der Waals surface area contributed by atoms with Gasteiger partial charge in [0.2, 0.25) is 0 Å². The Morgan fingerprint density at radius 2 is 0.397 bits per heavy atom. The van der Waals surface area contributed by atoms with Crippen LogP contribution >= 0.6 is 0 Å². The van der Waals surface area contributed by atoms with Crippen molar-refractivity contribution in [2.75, 3.05) is 6.61 Å². The molecule has 0 saturated carbocycles. The van der Waals surface area contributed by atoms with Crippen molar-refractivity contribution in [1.29, 1.82) is 0 Å². The third kappa shape index (κ3) is 73.0. The lowest BCUT2D eigenvalue weighted by atomic mass is 10.0. The van der Waals surface area contributed by atoms with E-state index in [0.717, 1.165) is 32.1 Å². The van der Waals surface area contributed by atoms with E-state index in [1.54, 1.807) is 0 Å². The Balaban J connectivity index is 0. The Morgan fingerprint density at radius 1 is 0.218 bits per heavy atom. The van der Waals surface area contributed by atoms with E-state index in [1.807, 2.05) is 0 Å². The van der Waals surface area contributed by atoms with Crippen LogP contribution in [-0.4, -0.2) is 24.6 Å². The molecular weight excluding hydrogens is 953 g/mol. The molecule has 0 radical (unpaired) electrons. The van der Waals surface area contributed by atoms with Crippen LogP contribution in [0.25, 0.3) is 0 Å². The average Bonchev–Trinajstić information content (AvgIpc) is 3.44. The molecule has 4 nitrogen and oxygen atoms in total. The molecule has 0 rings (SSSR count). The lowest BCUT2D eigenvalue weighted by Gasteiger charge is -2.18. The SMILES string of the molecule is CCCCCCCCCCCCCCCCCCCCC(CCCCCCC)OC(=O)CCCCCCCCCCCCCCCCC.CCCCCCCCCCCCCCOC(=O)CCCCCCCCCCCCC. The van der Waals surface area contributed by atoms with Crippen LogP contribution in [0.3, 0.4) is 0 Å². The lowest BCUT2D eigenvalue weighted by molar-refractivity contribution is -0.150. The summed E-state index contributed by atoms with van der Waals surface area (Å²) in [7, 11) is 0. The standard InChI is InChI=1S/C46H92O2.C28H56O2/c1-4-7-10-13-15-17-19-21-23-24-25-27-28-30-32-34-37-40-43-45(42-39-36-12-9-6-3)48-46(47)44-41-38-35-33-31-29-26-22-20-18-16-14-11-8-5-2;1-3-5-7-9-11-13-15-17-19-21-23-25-27-30-28(29)26-24-22-20-18-16-14-12-10-8-6-4-2/h45H,4-44H2,1-3H3;3-27H2,1-2H3. The summed E-state index contributed by atoms with van der Waals surface area (Å²) in [6.45, 7) is 12.1. The molecule has 1 unspecified atom stereocenters. The van der Waals surface area contributed by atoms with Gasteiger partial charge >= 0.3 is 11.9 Å². The summed E-state index contributed by atoms with van der Waals surface area (Å²) in [6.07, 6.45) is 86.6. The number of hydrogen-bond donors (Lipinski definition) is 0. The largest absolute Gasteiger partial charge is 0.466 e. The fourth-order valence-corrected chi connectivity index (χ4v) is 11.5. The number of esters is 2. The third-order valence-corrected chi connectivity index (χ3v) is 17.0. The molecule has 0 aromatic rings. The zero-order valence-electron chi connectivity index (χ0n) is 54.9. The Bertz CT molecular complexity index is 1070. The normalized spacial score (nSPS) is 11.8. The highest BCUT2D eigenvalue weighted by atomic mass is 16.5. The Hall–Kier alpha value is -1.06. The van der Waals surface area contributed by atoms with Crippen molar-refractivity contribution in [3.05, 3.63) is 0 Å². The first-order chi connectivity index (χ1) is 38.5. The smallest absolute Gasteiger partial charge is 0.306 e. The molecule has 1 atom stereocenters. The van der Waals surface area contributed by atoms with Gasteiger partial charge in [0.1, 0.15) is 6.10 Å². The molecular formula is C74H148O4. The highest BCUT2D eigenvalue weighted by molar-refractivity contribution is 5.69. The van der Waals surface area contributed by atoms with Crippen molar-refractivity contribution < 1.29 is 19.1 Å². The average molecular weight is 1100 g/mol. The van der Waals surface area contributed by atoms with E-state index in [2.05, 4.69) is 34.6 Å². The molecule has 0 saturated heterocycles. The quantitative estimate of drug-likeness (QED) is 0.0450. The van der Waals surface area contributed by atoms with Crippen LogP contribution in [0, 0.1) is 0 Å². The van der Waals surface area contributed by atoms with Gasteiger partial charge in [0, 0.05) is 12.8 Å². The van der Waals surface area contributed by atoms with E-state index in [4.69, 9.17) is 9.47 Å². The van der Waals surface area contributed by atoms with E-state index < -0.39 is 0 Å². The second kappa shape index (κ2) is 74.0. The Morgan fingerprint density at radius 3 is 0.628 bits per heavy atom. The van der Waals surface area contributed by atoms with E-state index in [9.17, 15) is 9.59 Å². The van der Waals surface area contributed by atoms with Crippen LogP contribution in [0.1, 0.15) is 452 Å². The minimum absolute atomic E-state index is 0.0222. The van der Waals surface area contributed by atoms with Gasteiger partial charge in [-0.25, -0.2) is 0 Å². The number of carbonyl (C=O) groups excluding carboxylic acids is 2. The topological polar surface area (TPSA) is 52.6 Å². The number of unbranched alkanes of at least 4 members (excludes halogenated alkanes) is 56. The van der Waals surface area contributed by atoms with Gasteiger partial charge < -0.3 is 9.47 Å². The first kappa shape index (κ1) is 79.0. The summed E-state index contributed by atoms with van der Waals surface area (Å²) in [5, 5.41) is 0. The minimum Gasteiger partial charge on any atom is -0.466 e. The van der Waals surface area contributed by atoms with Crippen molar-refractivity contribution in [2.24, 2.45) is 0 Å². The molecule has 0 spiro atoms. The molecule has 78 heavy (non-hydrogen) atoms. The maximum Gasteiger partial charge on any atom is 0.306 e. The van der Waals surface area contributed by atoms with Crippen LogP contribution in [-0.2, 0) is 19.1 Å². The van der Waals surface area contributed by atoms with E-state index in [-0.39, 0.29) is 18.0 Å². The van der Waals surface area contributed by atoms with Gasteiger partial charge in [-0.05, 0) is 44.9 Å². The summed E-state index contributed by atoms with van der Waals surface area (Å²) < 4.78 is 11.5. The summed E-state index contributed by atoms with van der Waals surface area (Å²) in [4.78, 5) is 24.5. The molecule has 4 heteroatoms. The van der Waals surface area contributed by atoms with Gasteiger partial charge in [0.25, 0.3) is 0 Å². The number of hydrogen-bond acceptors (Lipinski definition) is 4. The van der Waals surface area contributed by atoms with Crippen LogP contribution in [0.15, 0.2) is 0 Å². The van der Waals surface area contributed by atoms with E-state index in [0.29, 0.717) is 19.4 Å². The summed E-state index contributed by atoms with van der Waals surface area (Å²) in [5.74, 6) is 0.0969. The Kier molecular flexibility index (Phi) is 74.9. The van der Waals surface area contributed by atoms with Crippen molar-refractivity contribution in [1.82, 2.24) is 0 Å². The van der Waals surface area contributed by atoms with Gasteiger partial charge in [-0.15, -0.1) is 0 Å². The zero-order valence-corrected chi connectivity index (χ0v) is 54.9. The lowest BCUT2D eigenvalue weighted by Crippen LogP contribution is -2.18. The van der Waals surface area contributed by atoms with Crippen molar-refractivity contribution >= 4 is 11.9 Å². The maximum atomic E-state index is 12.7. The van der Waals surface area contributed by atoms with Crippen LogP contribution in [0.2, 0.25) is 0 Å². The molecule has 468 valence electrons. The molecule has 0 heterocycles. The molecule has 0 bridgehead atoms. The summed E-state index contributed by atoms with van der Waals surface area (Å²) in [5.41, 5.74) is 0. The highest BCUT2D eigenvalue weighted by Gasteiger charge is 2.14. The van der Waals surface area contributed by atoms with Gasteiger partial charge in [-0.1, -0.05) is 394 Å². The molecule has 0 aliphatic heterocycles. The first-order valence-electron chi connectivity index (χ1n) is 36.9. The van der Waals surface area contributed by atoms with Gasteiger partial charge in [-0.3, -0.25) is 9.59 Å². The molecule has 0 fully saturated rings. The van der Waals surface area contributed by atoms with Crippen LogP contribution < -0.4 is 0 Å². The van der Waals surface area contributed by atoms with Crippen LogP contribution in [0.5, 0.6) is 0 Å². The molecule has 0 amide bonds. The summed E-state index contributed by atoms with van der Waals surface area (Å²) in [6, 6.07) is 0. The van der Waals surface area contributed by atoms with Crippen molar-refractivity contribution in [2.45, 2.75) is 458 Å². The van der Waals surface area contributed by atoms with Crippen LogP contribution in [0.4, 0.5) is 0 Å². The number of ether oxygens (including phenoxy) is 2. The predicted octanol–water partition coefficient (Wildman–Crippen LogP) is 26.9. The maximum absolute atomic E-state index is 12.7. The molecule has 0 aliphatic carbocycles. The summed E-state index contributed by atoms with van der Waals surface area (Å²) >= 11 is 0. The second-order valence-electron chi connectivity index (χ2n) is 25.2. The molecule has 0 aliphatic rings. The fourth-order valence-electron chi connectivity index (χ4n) is 11.5. The predicted molar refractivity (Wildman–Crippen MR) is 349 cm³/mol. The van der Waals surface area contributed by atoms with Crippen molar-refractivity contribution in [3.8, 4) is 0 Å². The van der Waals surface area contributed by atoms with E-state index >= 15 is 0 Å². The van der Waals surface area contributed by atoms with Crippen molar-refractivity contribution in [3.63, 3.8) is 0 Å². The third-order valence-electron chi connectivity index (χ3n) is 17.0. The zero-order chi connectivity index (χ0) is 56.8. The van der Waals surface area contributed by atoms with E-state index in [1.165, 1.54) is 372 Å². The first-order valence-corrected chi connectivity index (χ1v) is 36.9. The molecule has 0 aromatic carbocycles. The Labute approximate surface area is 493 Å². The molecule has 0 aromatic heterocycles. The van der Waals surface area contributed by atoms with Gasteiger partial charge in [-0.2, -0.15) is 0 Å². The number of carbonyl (C=O) groups is 2. The van der Waals surface area contributed by atoms with Gasteiger partial charge in [0.15, 0.2) is 0 Å². The number of rotatable bonds is 67. The van der Waals surface area contributed by atoms with Gasteiger partial charge in [0.05, 0.1) is 6.61 Å². The minimum atomic E-state index is 0.0222.